The molecule has 14 heavy (non-hydrogen) atoms. The summed E-state index contributed by atoms with van der Waals surface area (Å²) in [6.45, 7) is 4.17. The second-order valence-electron chi connectivity index (χ2n) is 4.00. The third-order valence-electron chi connectivity index (χ3n) is 2.41. The van der Waals surface area contributed by atoms with Gasteiger partial charge in [-0.25, -0.2) is 0 Å². The number of hydrogen-bond donors (Lipinski definition) is 0. The van der Waals surface area contributed by atoms with Gasteiger partial charge in [0.2, 0.25) is 0 Å². The first-order valence-electron chi connectivity index (χ1n) is 5.39. The van der Waals surface area contributed by atoms with Gasteiger partial charge in [0, 0.05) is 0 Å². The van der Waals surface area contributed by atoms with E-state index in [-0.39, 0.29) is 5.75 Å². The van der Waals surface area contributed by atoms with Gasteiger partial charge < -0.3 is 0 Å². The molecule has 0 aliphatic rings. The molecule has 0 heterocycles. The van der Waals surface area contributed by atoms with Crippen LogP contribution in [0.1, 0.15) is 52.4 Å². The fraction of sp³-hybridized carbons (Fsp3) is 1.00. The van der Waals surface area contributed by atoms with E-state index in [0.29, 0.717) is 12.3 Å². The fourth-order valence-corrected chi connectivity index (χ4v) is 2.10. The summed E-state index contributed by atoms with van der Waals surface area (Å²) in [5, 5.41) is 0. The summed E-state index contributed by atoms with van der Waals surface area (Å²) in [6.07, 6.45) is 6.36. The Morgan fingerprint density at radius 2 is 1.71 bits per heavy atom. The van der Waals surface area contributed by atoms with E-state index in [2.05, 4.69) is 6.92 Å². The molecule has 85 valence electrons. The van der Waals surface area contributed by atoms with Crippen LogP contribution in [0.2, 0.25) is 0 Å². The Labute approximate surface area is 87.7 Å². The van der Waals surface area contributed by atoms with Gasteiger partial charge in [-0.3, -0.25) is 0 Å². The average molecular weight is 221 g/mol. The SMILES string of the molecule is CCCCCCC(C)CCS([O])(=O)=O. The topological polar surface area (TPSA) is 54.0 Å². The van der Waals surface area contributed by atoms with E-state index in [4.69, 9.17) is 0 Å². The molecule has 1 unspecified atom stereocenters. The second-order valence-corrected chi connectivity index (χ2v) is 5.53. The van der Waals surface area contributed by atoms with Gasteiger partial charge in [-0.05, 0) is 12.3 Å². The highest BCUT2D eigenvalue weighted by Crippen LogP contribution is 2.14. The average Bonchev–Trinajstić information content (AvgIpc) is 2.08. The van der Waals surface area contributed by atoms with Gasteiger partial charge in [-0.1, -0.05) is 50.5 Å². The van der Waals surface area contributed by atoms with Crippen LogP contribution in [-0.2, 0) is 14.7 Å². The number of rotatable bonds is 8. The van der Waals surface area contributed by atoms with Crippen LogP contribution in [0.15, 0.2) is 0 Å². The van der Waals surface area contributed by atoms with E-state index >= 15 is 0 Å². The zero-order valence-corrected chi connectivity index (χ0v) is 9.98. The van der Waals surface area contributed by atoms with Gasteiger partial charge in [-0.2, -0.15) is 8.42 Å². The quantitative estimate of drug-likeness (QED) is 0.592. The van der Waals surface area contributed by atoms with E-state index in [1.165, 1.54) is 19.3 Å². The smallest absolute Gasteiger partial charge is 0.197 e. The molecule has 0 aliphatic carbocycles. The zero-order chi connectivity index (χ0) is 11.0. The molecule has 0 rings (SSSR count). The standard InChI is InChI=1S/C10H21O3S/c1-3-4-5-6-7-10(2)8-9-14(11,12)13/h10H,3-9H2,1-2H3. The molecule has 0 aromatic carbocycles. The summed E-state index contributed by atoms with van der Waals surface area (Å²) < 4.78 is 31.1. The van der Waals surface area contributed by atoms with Crippen molar-refractivity contribution in [3.8, 4) is 0 Å². The second kappa shape index (κ2) is 7.23. The minimum atomic E-state index is -4.00. The summed E-state index contributed by atoms with van der Waals surface area (Å²) >= 11 is 0. The predicted molar refractivity (Wildman–Crippen MR) is 57.0 cm³/mol. The van der Waals surface area contributed by atoms with Crippen molar-refractivity contribution in [1.82, 2.24) is 0 Å². The molecule has 0 spiro atoms. The van der Waals surface area contributed by atoms with Crippen LogP contribution >= 0.6 is 0 Å². The van der Waals surface area contributed by atoms with Crippen LogP contribution in [0.25, 0.3) is 0 Å². The van der Waals surface area contributed by atoms with E-state index in [1.54, 1.807) is 0 Å². The van der Waals surface area contributed by atoms with Crippen molar-refractivity contribution in [3.63, 3.8) is 0 Å². The summed E-state index contributed by atoms with van der Waals surface area (Å²) in [5.41, 5.74) is 0. The lowest BCUT2D eigenvalue weighted by atomic mass is 10.0. The maximum atomic E-state index is 10.4. The molecule has 3 nitrogen and oxygen atoms in total. The third kappa shape index (κ3) is 9.99. The summed E-state index contributed by atoms with van der Waals surface area (Å²) in [7, 11) is -4.00. The predicted octanol–water partition coefficient (Wildman–Crippen LogP) is 2.74. The third-order valence-corrected chi connectivity index (χ3v) is 3.15. The van der Waals surface area contributed by atoms with Crippen molar-refractivity contribution in [2.24, 2.45) is 5.92 Å². The van der Waals surface area contributed by atoms with Gasteiger partial charge in [0.1, 0.15) is 0 Å². The molecular formula is C10H21O3S. The molecule has 0 amide bonds. The summed E-state index contributed by atoms with van der Waals surface area (Å²) in [5.74, 6) is 0.151. The van der Waals surface area contributed by atoms with Gasteiger partial charge in [0.05, 0.1) is 5.75 Å². The van der Waals surface area contributed by atoms with E-state index in [1.807, 2.05) is 6.92 Å². The van der Waals surface area contributed by atoms with E-state index < -0.39 is 10.1 Å². The maximum Gasteiger partial charge on any atom is 0.294 e. The molecular weight excluding hydrogens is 200 g/mol. The number of hydrogen-bond acceptors (Lipinski definition) is 2. The van der Waals surface area contributed by atoms with Crippen LogP contribution in [0.5, 0.6) is 0 Å². The molecule has 1 atom stereocenters. The molecule has 4 heteroatoms. The summed E-state index contributed by atoms with van der Waals surface area (Å²) in [6, 6.07) is 0. The molecule has 0 fully saturated rings. The van der Waals surface area contributed by atoms with Gasteiger partial charge in [-0.15, -0.1) is 0 Å². The Morgan fingerprint density at radius 1 is 1.07 bits per heavy atom. The van der Waals surface area contributed by atoms with Crippen molar-refractivity contribution in [2.75, 3.05) is 5.75 Å². The molecule has 0 aromatic heterocycles. The lowest BCUT2D eigenvalue weighted by Gasteiger charge is -2.08. The minimum absolute atomic E-state index is 0.206. The Bertz CT molecular complexity index is 222. The Morgan fingerprint density at radius 3 is 2.21 bits per heavy atom. The molecule has 0 bridgehead atoms. The Balaban J connectivity index is 3.42. The first-order chi connectivity index (χ1) is 6.45. The molecule has 0 saturated heterocycles. The van der Waals surface area contributed by atoms with Crippen LogP contribution in [0, 0.1) is 5.92 Å². The minimum Gasteiger partial charge on any atom is -0.197 e. The highest BCUT2D eigenvalue weighted by Gasteiger charge is 2.10. The van der Waals surface area contributed by atoms with Crippen LogP contribution in [-0.4, -0.2) is 14.2 Å². The molecule has 0 aliphatic heterocycles. The maximum absolute atomic E-state index is 10.4. The van der Waals surface area contributed by atoms with Crippen LogP contribution in [0.4, 0.5) is 0 Å². The van der Waals surface area contributed by atoms with Gasteiger partial charge >= 0.3 is 0 Å². The lowest BCUT2D eigenvalue weighted by Crippen LogP contribution is -2.07. The van der Waals surface area contributed by atoms with E-state index in [9.17, 15) is 13.0 Å². The van der Waals surface area contributed by atoms with Crippen LogP contribution < -0.4 is 0 Å². The van der Waals surface area contributed by atoms with Crippen molar-refractivity contribution in [2.45, 2.75) is 52.4 Å². The first-order valence-corrected chi connectivity index (χ1v) is 6.97. The van der Waals surface area contributed by atoms with Gasteiger partial charge in [0.15, 0.2) is 0 Å². The highest BCUT2D eigenvalue weighted by molar-refractivity contribution is 7.85. The van der Waals surface area contributed by atoms with Gasteiger partial charge in [0.25, 0.3) is 10.1 Å². The fourth-order valence-electron chi connectivity index (χ4n) is 1.41. The zero-order valence-electron chi connectivity index (χ0n) is 9.16. The highest BCUT2D eigenvalue weighted by atomic mass is 32.2. The van der Waals surface area contributed by atoms with Crippen molar-refractivity contribution in [3.05, 3.63) is 0 Å². The van der Waals surface area contributed by atoms with Crippen molar-refractivity contribution in [1.29, 1.82) is 0 Å². The van der Waals surface area contributed by atoms with Crippen molar-refractivity contribution < 1.29 is 13.0 Å². The molecule has 1 radical (unpaired) electrons. The molecule has 0 saturated carbocycles. The first kappa shape index (κ1) is 13.9. The number of unbranched alkanes of at least 4 members (excludes halogenated alkanes) is 3. The summed E-state index contributed by atoms with van der Waals surface area (Å²) in [4.78, 5) is 0. The van der Waals surface area contributed by atoms with E-state index in [0.717, 1.165) is 12.8 Å². The molecule has 0 N–H and O–H groups in total. The van der Waals surface area contributed by atoms with Crippen molar-refractivity contribution >= 4 is 10.1 Å². The largest absolute Gasteiger partial charge is 0.294 e. The Hall–Kier alpha value is -0.0900. The lowest BCUT2D eigenvalue weighted by molar-refractivity contribution is 0.403. The normalized spacial score (nSPS) is 14.2. The van der Waals surface area contributed by atoms with Crippen LogP contribution in [0.3, 0.4) is 0 Å². The Kier molecular flexibility index (Phi) is 7.19. The monoisotopic (exact) mass is 221 g/mol. The molecule has 0 aromatic rings.